The third-order valence-corrected chi connectivity index (χ3v) is 4.95. The number of carbonyl (C=O) groups is 1. The van der Waals surface area contributed by atoms with Gasteiger partial charge in [-0.3, -0.25) is 15.2 Å². The number of aromatic nitrogens is 5. The van der Waals surface area contributed by atoms with Crippen LogP contribution in [0.4, 0.5) is 10.1 Å². The molecule has 0 saturated carbocycles. The second-order valence-corrected chi connectivity index (χ2v) is 7.60. The summed E-state index contributed by atoms with van der Waals surface area (Å²) < 4.78 is 26.2. The van der Waals surface area contributed by atoms with Gasteiger partial charge >= 0.3 is 5.69 Å². The number of nitrogens with two attached hydrogens (primary N) is 1. The summed E-state index contributed by atoms with van der Waals surface area (Å²) in [6, 6.07) is 10.4. The van der Waals surface area contributed by atoms with E-state index >= 15 is 0 Å². The lowest BCUT2D eigenvalue weighted by molar-refractivity contribution is -0.134. The van der Waals surface area contributed by atoms with E-state index in [1.54, 1.807) is 36.4 Å². The van der Waals surface area contributed by atoms with Gasteiger partial charge in [0.25, 0.3) is 11.9 Å². The van der Waals surface area contributed by atoms with Gasteiger partial charge in [0, 0.05) is 30.6 Å². The molecular formula is C24H25FN8O5. The molecule has 1 atom stereocenters. The number of rotatable bonds is 8. The second-order valence-electron chi connectivity index (χ2n) is 7.60. The van der Waals surface area contributed by atoms with Gasteiger partial charge in [-0.05, 0) is 48.0 Å². The SMILES string of the molecule is CC(=O)O.COc1cc([C@H](Nc2ccc(C(=N)N)cc2)c2nn(-c3ncccn3)c(=O)[nH]2)cc(F)c1OC. The highest BCUT2D eigenvalue weighted by Crippen LogP contribution is 2.35. The maximum atomic E-state index is 14.8. The number of hydrogen-bond acceptors (Lipinski definition) is 9. The van der Waals surface area contributed by atoms with Crippen LogP contribution in [0.1, 0.15) is 29.9 Å². The van der Waals surface area contributed by atoms with Gasteiger partial charge in [0.15, 0.2) is 23.1 Å². The summed E-state index contributed by atoms with van der Waals surface area (Å²) in [4.78, 5) is 32.4. The number of hydrogen-bond donors (Lipinski definition) is 5. The molecule has 0 spiro atoms. The number of benzene rings is 2. The number of carboxylic acids is 1. The van der Waals surface area contributed by atoms with Crippen LogP contribution in [0.25, 0.3) is 5.95 Å². The lowest BCUT2D eigenvalue weighted by Crippen LogP contribution is -2.18. The average molecular weight is 525 g/mol. The fourth-order valence-electron chi connectivity index (χ4n) is 3.33. The van der Waals surface area contributed by atoms with E-state index in [0.29, 0.717) is 16.8 Å². The molecule has 4 aromatic rings. The van der Waals surface area contributed by atoms with Crippen LogP contribution in [0.5, 0.6) is 11.5 Å². The summed E-state index contributed by atoms with van der Waals surface area (Å²) in [5, 5.41) is 22.5. The number of halogens is 1. The molecule has 0 amide bonds. The molecule has 2 aromatic heterocycles. The first-order chi connectivity index (χ1) is 18.1. The van der Waals surface area contributed by atoms with E-state index in [4.69, 9.17) is 30.5 Å². The summed E-state index contributed by atoms with van der Waals surface area (Å²) >= 11 is 0. The molecule has 38 heavy (non-hydrogen) atoms. The van der Waals surface area contributed by atoms with Crippen molar-refractivity contribution in [3.8, 4) is 17.4 Å². The Hall–Kier alpha value is -5.27. The molecule has 13 nitrogen and oxygen atoms in total. The average Bonchev–Trinajstić information content (AvgIpc) is 3.28. The van der Waals surface area contributed by atoms with Crippen LogP contribution in [0.3, 0.4) is 0 Å². The predicted octanol–water partition coefficient (Wildman–Crippen LogP) is 2.08. The maximum absolute atomic E-state index is 14.8. The van der Waals surface area contributed by atoms with Crippen molar-refractivity contribution in [2.75, 3.05) is 19.5 Å². The number of aromatic amines is 1. The molecule has 4 rings (SSSR count). The van der Waals surface area contributed by atoms with E-state index in [1.165, 1.54) is 32.7 Å². The molecule has 0 aliphatic carbocycles. The molecule has 0 fully saturated rings. The highest BCUT2D eigenvalue weighted by atomic mass is 19.1. The molecule has 14 heteroatoms. The topological polar surface area (TPSA) is 194 Å². The molecule has 0 radical (unpaired) electrons. The minimum absolute atomic E-state index is 0.0486. The quantitative estimate of drug-likeness (QED) is 0.168. The van der Waals surface area contributed by atoms with Gasteiger partial charge in [-0.15, -0.1) is 9.78 Å². The van der Waals surface area contributed by atoms with Crippen molar-refractivity contribution in [2.45, 2.75) is 13.0 Å². The molecule has 2 aromatic carbocycles. The van der Waals surface area contributed by atoms with Gasteiger partial charge in [-0.25, -0.2) is 19.2 Å². The summed E-state index contributed by atoms with van der Waals surface area (Å²) in [5.41, 5.74) is 6.51. The van der Waals surface area contributed by atoms with Gasteiger partial charge in [-0.2, -0.15) is 0 Å². The van der Waals surface area contributed by atoms with Crippen molar-refractivity contribution in [1.82, 2.24) is 24.7 Å². The highest BCUT2D eigenvalue weighted by molar-refractivity contribution is 5.95. The zero-order chi connectivity index (χ0) is 27.8. The molecular weight excluding hydrogens is 499 g/mol. The molecule has 0 unspecified atom stereocenters. The third-order valence-electron chi connectivity index (χ3n) is 4.95. The minimum atomic E-state index is -0.833. The Kier molecular flexibility index (Phi) is 8.71. The van der Waals surface area contributed by atoms with Crippen LogP contribution in [0, 0.1) is 11.2 Å². The summed E-state index contributed by atoms with van der Waals surface area (Å²) in [5.74, 6) is -1.17. The van der Waals surface area contributed by atoms with Gasteiger partial charge < -0.3 is 25.6 Å². The Bertz CT molecular complexity index is 1470. The number of amidine groups is 1. The zero-order valence-corrected chi connectivity index (χ0v) is 20.6. The van der Waals surface area contributed by atoms with Crippen molar-refractivity contribution >= 4 is 17.5 Å². The van der Waals surface area contributed by atoms with Crippen LogP contribution >= 0.6 is 0 Å². The van der Waals surface area contributed by atoms with E-state index in [2.05, 4.69) is 25.4 Å². The first-order valence-electron chi connectivity index (χ1n) is 10.9. The molecule has 0 bridgehead atoms. The van der Waals surface area contributed by atoms with Crippen LogP contribution in [-0.4, -0.2) is 55.9 Å². The van der Waals surface area contributed by atoms with Crippen molar-refractivity contribution in [2.24, 2.45) is 5.73 Å². The Morgan fingerprint density at radius 2 is 1.82 bits per heavy atom. The van der Waals surface area contributed by atoms with Crippen molar-refractivity contribution in [3.63, 3.8) is 0 Å². The highest BCUT2D eigenvalue weighted by Gasteiger charge is 2.24. The van der Waals surface area contributed by atoms with Crippen LogP contribution in [0.2, 0.25) is 0 Å². The minimum Gasteiger partial charge on any atom is -0.493 e. The number of nitrogens with zero attached hydrogens (tertiary/aromatic N) is 4. The number of methoxy groups -OCH3 is 2. The lowest BCUT2D eigenvalue weighted by atomic mass is 10.0. The molecule has 6 N–H and O–H groups in total. The predicted molar refractivity (Wildman–Crippen MR) is 136 cm³/mol. The third kappa shape index (κ3) is 6.48. The maximum Gasteiger partial charge on any atom is 0.350 e. The van der Waals surface area contributed by atoms with Gasteiger partial charge in [0.2, 0.25) is 0 Å². The van der Waals surface area contributed by atoms with E-state index < -0.39 is 23.5 Å². The Morgan fingerprint density at radius 3 is 2.37 bits per heavy atom. The molecule has 0 aliphatic heterocycles. The van der Waals surface area contributed by atoms with Gasteiger partial charge in [0.1, 0.15) is 11.9 Å². The van der Waals surface area contributed by atoms with E-state index in [1.807, 2.05) is 0 Å². The lowest BCUT2D eigenvalue weighted by Gasteiger charge is -2.20. The van der Waals surface area contributed by atoms with Gasteiger partial charge in [-0.1, -0.05) is 0 Å². The van der Waals surface area contributed by atoms with E-state index in [9.17, 15) is 9.18 Å². The second kappa shape index (κ2) is 12.1. The van der Waals surface area contributed by atoms with Crippen LogP contribution in [-0.2, 0) is 4.79 Å². The van der Waals surface area contributed by atoms with Crippen LogP contribution < -0.4 is 26.2 Å². The van der Waals surface area contributed by atoms with E-state index in [0.717, 1.165) is 11.6 Å². The number of ether oxygens (including phenoxy) is 2. The number of nitrogen functional groups attached to an aromatic ring is 1. The van der Waals surface area contributed by atoms with Crippen molar-refractivity contribution < 1.29 is 23.8 Å². The summed E-state index contributed by atoms with van der Waals surface area (Å²) in [6.07, 6.45) is 2.97. The Balaban J connectivity index is 0.000000934. The standard InChI is InChI=1S/C22H21FN8O3.C2H4O2/c1-33-16-11-13(10-15(23)18(16)34-2)17(28-14-6-4-12(5-7-14)19(24)25)20-29-22(32)31(30-20)21-26-8-3-9-27-21;1-2(3)4/h3-11,17,28H,1-2H3,(H3,24,25)(H,29,30,32);1H3,(H,3,4)/t17-;/m0./s1. The van der Waals surface area contributed by atoms with E-state index in [-0.39, 0.29) is 29.1 Å². The van der Waals surface area contributed by atoms with Gasteiger partial charge in [0.05, 0.1) is 14.2 Å². The normalized spacial score (nSPS) is 11.1. The summed E-state index contributed by atoms with van der Waals surface area (Å²) in [7, 11) is 2.74. The number of nitrogens with one attached hydrogen (secondary N) is 3. The fraction of sp³-hybridized carbons (Fsp3) is 0.167. The monoisotopic (exact) mass is 524 g/mol. The largest absolute Gasteiger partial charge is 0.493 e. The first-order valence-corrected chi connectivity index (χ1v) is 10.9. The smallest absolute Gasteiger partial charge is 0.350 e. The van der Waals surface area contributed by atoms with Crippen molar-refractivity contribution in [3.05, 3.63) is 88.1 Å². The number of aliphatic carboxylic acids is 1. The molecule has 2 heterocycles. The molecule has 198 valence electrons. The summed E-state index contributed by atoms with van der Waals surface area (Å²) in [6.45, 7) is 1.08. The first kappa shape index (κ1) is 27.3. The molecule has 0 saturated heterocycles. The van der Waals surface area contributed by atoms with Crippen molar-refractivity contribution in [1.29, 1.82) is 5.41 Å². The number of H-pyrrole nitrogens is 1. The molecule has 0 aliphatic rings. The fourth-order valence-corrected chi connectivity index (χ4v) is 3.33. The van der Waals surface area contributed by atoms with Crippen LogP contribution in [0.15, 0.2) is 59.7 Å². The number of carboxylic acid groups (broad SMARTS) is 1. The Morgan fingerprint density at radius 1 is 1.18 bits per heavy atom. The number of anilines is 1. The zero-order valence-electron chi connectivity index (χ0n) is 20.6. The Labute approximate surface area is 215 Å².